The Morgan fingerprint density at radius 1 is 1.15 bits per heavy atom. The van der Waals surface area contributed by atoms with E-state index in [1.54, 1.807) is 34.8 Å². The fraction of sp³-hybridized carbons (Fsp3) is 0.474. The van der Waals surface area contributed by atoms with Crippen LogP contribution in [-0.4, -0.2) is 62.6 Å². The van der Waals surface area contributed by atoms with Crippen LogP contribution in [-0.2, 0) is 13.1 Å². The molecule has 1 fully saturated rings. The van der Waals surface area contributed by atoms with Gasteiger partial charge >= 0.3 is 0 Å². The number of carbonyl (C=O) groups excluding carboxylic acids is 2. The molecule has 3 aliphatic rings. The standard InChI is InChI=1S/C19H21N5O3/c1-21-5-6-24-16(19(21)27)8-14(20-24)18(26)22-9-12-7-13(11-22)15-3-2-4-17(25)23(15)10-12/h2-4,8,12-13H,5-7,9-11H2,1H3/t12-,13+/m0/s1. The maximum atomic E-state index is 13.1. The predicted molar refractivity (Wildman–Crippen MR) is 96.6 cm³/mol. The molecule has 0 saturated carbocycles. The van der Waals surface area contributed by atoms with Crippen molar-refractivity contribution in [1.82, 2.24) is 24.1 Å². The Bertz CT molecular complexity index is 1010. The Labute approximate surface area is 156 Å². The van der Waals surface area contributed by atoms with Gasteiger partial charge in [-0.15, -0.1) is 0 Å². The molecular formula is C19H21N5O3. The zero-order valence-electron chi connectivity index (χ0n) is 15.2. The summed E-state index contributed by atoms with van der Waals surface area (Å²) in [7, 11) is 1.76. The molecule has 2 aromatic rings. The number of rotatable bonds is 1. The molecule has 0 aromatic carbocycles. The first-order valence-electron chi connectivity index (χ1n) is 9.33. The van der Waals surface area contributed by atoms with Crippen molar-refractivity contribution in [2.45, 2.75) is 25.4 Å². The zero-order chi connectivity index (χ0) is 18.7. The molecule has 0 radical (unpaired) electrons. The molecule has 8 nitrogen and oxygen atoms in total. The molecule has 0 N–H and O–H groups in total. The minimum atomic E-state index is -0.131. The first kappa shape index (κ1) is 16.3. The van der Waals surface area contributed by atoms with Crippen molar-refractivity contribution in [2.75, 3.05) is 26.7 Å². The van der Waals surface area contributed by atoms with Crippen LogP contribution in [0.3, 0.4) is 0 Å². The number of hydrogen-bond donors (Lipinski definition) is 0. The number of amides is 2. The Morgan fingerprint density at radius 2 is 2.00 bits per heavy atom. The van der Waals surface area contributed by atoms with Crippen LogP contribution in [0.25, 0.3) is 0 Å². The number of likely N-dealkylation sites (tertiary alicyclic amines) is 1. The summed E-state index contributed by atoms with van der Waals surface area (Å²) in [5.74, 6) is 0.205. The maximum Gasteiger partial charge on any atom is 0.274 e. The third-order valence-electron chi connectivity index (χ3n) is 5.98. The average Bonchev–Trinajstić information content (AvgIpc) is 3.10. The molecule has 2 atom stereocenters. The first-order chi connectivity index (χ1) is 13.0. The van der Waals surface area contributed by atoms with Crippen LogP contribution in [0.4, 0.5) is 0 Å². The first-order valence-corrected chi connectivity index (χ1v) is 9.33. The van der Waals surface area contributed by atoms with E-state index in [1.807, 2.05) is 15.5 Å². The molecule has 27 heavy (non-hydrogen) atoms. The third-order valence-corrected chi connectivity index (χ3v) is 5.98. The van der Waals surface area contributed by atoms with E-state index in [1.165, 1.54) is 0 Å². The highest BCUT2D eigenvalue weighted by atomic mass is 16.2. The number of pyridine rings is 1. The van der Waals surface area contributed by atoms with Crippen molar-refractivity contribution in [3.8, 4) is 0 Å². The third kappa shape index (κ3) is 2.50. The number of carbonyl (C=O) groups is 2. The van der Waals surface area contributed by atoms with Gasteiger partial charge in [-0.3, -0.25) is 19.1 Å². The van der Waals surface area contributed by atoms with Crippen molar-refractivity contribution in [3.63, 3.8) is 0 Å². The minimum Gasteiger partial charge on any atom is -0.339 e. The highest BCUT2D eigenvalue weighted by Gasteiger charge is 2.37. The fourth-order valence-corrected chi connectivity index (χ4v) is 4.63. The molecule has 5 heterocycles. The van der Waals surface area contributed by atoms with Gasteiger partial charge in [-0.05, 0) is 18.4 Å². The lowest BCUT2D eigenvalue weighted by Gasteiger charge is -2.42. The number of hydrogen-bond acceptors (Lipinski definition) is 4. The monoisotopic (exact) mass is 367 g/mol. The van der Waals surface area contributed by atoms with Gasteiger partial charge in [0.25, 0.3) is 17.4 Å². The molecular weight excluding hydrogens is 346 g/mol. The number of nitrogens with zero attached hydrogens (tertiary/aromatic N) is 5. The summed E-state index contributed by atoms with van der Waals surface area (Å²) in [6.07, 6.45) is 0.996. The molecule has 5 rings (SSSR count). The summed E-state index contributed by atoms with van der Waals surface area (Å²) in [4.78, 5) is 41.0. The highest BCUT2D eigenvalue weighted by Crippen LogP contribution is 2.35. The molecule has 0 spiro atoms. The lowest BCUT2D eigenvalue weighted by molar-refractivity contribution is 0.0587. The van der Waals surface area contributed by atoms with Crippen LogP contribution >= 0.6 is 0 Å². The van der Waals surface area contributed by atoms with Gasteiger partial charge in [0.1, 0.15) is 5.69 Å². The van der Waals surface area contributed by atoms with Crippen molar-refractivity contribution in [3.05, 3.63) is 51.7 Å². The van der Waals surface area contributed by atoms with Gasteiger partial charge in [0.15, 0.2) is 5.69 Å². The summed E-state index contributed by atoms with van der Waals surface area (Å²) < 4.78 is 3.49. The van der Waals surface area contributed by atoms with Crippen LogP contribution in [0.15, 0.2) is 29.1 Å². The second kappa shape index (κ2) is 5.80. The SMILES string of the molecule is CN1CCn2nc(C(=O)N3C[C@@H]4C[C@H](C3)c3cccc(=O)n3C4)cc2C1=O. The van der Waals surface area contributed by atoms with Gasteiger partial charge in [0.05, 0.1) is 6.54 Å². The fourth-order valence-electron chi connectivity index (χ4n) is 4.63. The van der Waals surface area contributed by atoms with Crippen molar-refractivity contribution in [2.24, 2.45) is 5.92 Å². The summed E-state index contributed by atoms with van der Waals surface area (Å²) in [6, 6.07) is 6.99. The van der Waals surface area contributed by atoms with E-state index in [4.69, 9.17) is 0 Å². The molecule has 2 amide bonds. The number of likely N-dealkylation sites (N-methyl/N-ethyl adjacent to an activating group) is 1. The Balaban J connectivity index is 1.42. The molecule has 8 heteroatoms. The van der Waals surface area contributed by atoms with E-state index in [0.29, 0.717) is 44.1 Å². The molecule has 1 saturated heterocycles. The van der Waals surface area contributed by atoms with Crippen molar-refractivity contribution < 1.29 is 9.59 Å². The Kier molecular flexibility index (Phi) is 3.50. The summed E-state index contributed by atoms with van der Waals surface area (Å²) in [5.41, 5.74) is 1.85. The summed E-state index contributed by atoms with van der Waals surface area (Å²) >= 11 is 0. The summed E-state index contributed by atoms with van der Waals surface area (Å²) in [6.45, 7) is 3.05. The van der Waals surface area contributed by atoms with Crippen LogP contribution in [0.2, 0.25) is 0 Å². The van der Waals surface area contributed by atoms with Crippen LogP contribution in [0.5, 0.6) is 0 Å². The van der Waals surface area contributed by atoms with E-state index in [9.17, 15) is 14.4 Å². The van der Waals surface area contributed by atoms with Crippen LogP contribution < -0.4 is 5.56 Å². The van der Waals surface area contributed by atoms with Gasteiger partial charge in [-0.2, -0.15) is 5.10 Å². The molecule has 2 aromatic heterocycles. The molecule has 0 aliphatic carbocycles. The normalized spacial score (nSPS) is 23.8. The predicted octanol–water partition coefficient (Wildman–Crippen LogP) is 0.390. The largest absolute Gasteiger partial charge is 0.339 e. The van der Waals surface area contributed by atoms with E-state index < -0.39 is 0 Å². The van der Waals surface area contributed by atoms with Gasteiger partial charge in [0, 0.05) is 57.0 Å². The minimum absolute atomic E-state index is 0.0337. The number of fused-ring (bicyclic) bond motifs is 5. The molecule has 2 bridgehead atoms. The van der Waals surface area contributed by atoms with E-state index in [0.717, 1.165) is 12.1 Å². The van der Waals surface area contributed by atoms with Crippen molar-refractivity contribution in [1.29, 1.82) is 0 Å². The summed E-state index contributed by atoms with van der Waals surface area (Å²) in [5, 5.41) is 4.39. The van der Waals surface area contributed by atoms with E-state index in [-0.39, 0.29) is 29.2 Å². The lowest BCUT2D eigenvalue weighted by Crippen LogP contribution is -2.49. The Morgan fingerprint density at radius 3 is 2.85 bits per heavy atom. The maximum absolute atomic E-state index is 13.1. The molecule has 140 valence electrons. The van der Waals surface area contributed by atoms with Gasteiger partial charge in [-0.25, -0.2) is 0 Å². The van der Waals surface area contributed by atoms with E-state index in [2.05, 4.69) is 5.10 Å². The second-order valence-corrected chi connectivity index (χ2v) is 7.77. The van der Waals surface area contributed by atoms with Crippen LogP contribution in [0, 0.1) is 5.92 Å². The van der Waals surface area contributed by atoms with Crippen molar-refractivity contribution >= 4 is 11.8 Å². The highest BCUT2D eigenvalue weighted by molar-refractivity contribution is 5.98. The Hall–Kier alpha value is -2.90. The van der Waals surface area contributed by atoms with Crippen LogP contribution in [0.1, 0.15) is 39.0 Å². The second-order valence-electron chi connectivity index (χ2n) is 7.77. The molecule has 3 aliphatic heterocycles. The number of piperidine rings is 1. The van der Waals surface area contributed by atoms with Gasteiger partial charge < -0.3 is 14.4 Å². The molecule has 0 unspecified atom stereocenters. The lowest BCUT2D eigenvalue weighted by atomic mass is 9.83. The van der Waals surface area contributed by atoms with E-state index >= 15 is 0 Å². The smallest absolute Gasteiger partial charge is 0.274 e. The van der Waals surface area contributed by atoms with Gasteiger partial charge in [-0.1, -0.05) is 6.07 Å². The topological polar surface area (TPSA) is 80.4 Å². The zero-order valence-corrected chi connectivity index (χ0v) is 15.2. The van der Waals surface area contributed by atoms with Gasteiger partial charge in [0.2, 0.25) is 0 Å². The number of aromatic nitrogens is 3. The average molecular weight is 367 g/mol. The quantitative estimate of drug-likeness (QED) is 0.730.